The molecule has 7 heteroatoms. The summed E-state index contributed by atoms with van der Waals surface area (Å²) in [6.45, 7) is 0. The van der Waals surface area contributed by atoms with Gasteiger partial charge in [-0.05, 0) is 35.9 Å². The van der Waals surface area contributed by atoms with Gasteiger partial charge in [-0.15, -0.1) is 0 Å². The summed E-state index contributed by atoms with van der Waals surface area (Å²) in [4.78, 5) is 0. The molecule has 0 spiro atoms. The van der Waals surface area contributed by atoms with E-state index >= 15 is 0 Å². The lowest BCUT2D eigenvalue weighted by Crippen LogP contribution is -2.19. The highest BCUT2D eigenvalue weighted by atomic mass is 19.4. The van der Waals surface area contributed by atoms with Crippen molar-refractivity contribution in [1.29, 1.82) is 0 Å². The molecular weight excluding hydrogens is 320 g/mol. The molecule has 0 aliphatic carbocycles. The van der Waals surface area contributed by atoms with Crippen LogP contribution in [0, 0.1) is 0 Å². The van der Waals surface area contributed by atoms with Crippen molar-refractivity contribution in [1.82, 2.24) is 0 Å². The second kappa shape index (κ2) is 6.36. The number of anilines is 1. The summed E-state index contributed by atoms with van der Waals surface area (Å²) in [5, 5.41) is 2.11. The van der Waals surface area contributed by atoms with Crippen LogP contribution < -0.4 is 5.32 Å². The van der Waals surface area contributed by atoms with Crippen LogP contribution in [0.5, 0.6) is 0 Å². The van der Waals surface area contributed by atoms with Crippen LogP contribution in [0.1, 0.15) is 11.1 Å². The van der Waals surface area contributed by atoms with E-state index in [4.69, 9.17) is 0 Å². The van der Waals surface area contributed by atoms with E-state index in [9.17, 15) is 26.3 Å². The van der Waals surface area contributed by atoms with Gasteiger partial charge in [0, 0.05) is 5.69 Å². The fraction of sp³-hybridized carbons (Fsp3) is 0.125. The maximum atomic E-state index is 13.0. The van der Waals surface area contributed by atoms with Gasteiger partial charge >= 0.3 is 12.4 Å². The molecule has 1 N–H and O–H groups in total. The van der Waals surface area contributed by atoms with Crippen LogP contribution in [-0.4, -0.2) is 6.18 Å². The van der Waals surface area contributed by atoms with Crippen LogP contribution in [0.2, 0.25) is 0 Å². The molecule has 0 heterocycles. The first kappa shape index (κ1) is 16.9. The SMILES string of the molecule is FC(F)(F)C(=Cc1ccccc1)Nc1ccc(C(F)(F)F)cc1. The zero-order valence-electron chi connectivity index (χ0n) is 11.5. The van der Waals surface area contributed by atoms with Crippen molar-refractivity contribution >= 4 is 11.8 Å². The first-order valence-electron chi connectivity index (χ1n) is 6.44. The first-order chi connectivity index (χ1) is 10.7. The molecule has 0 amide bonds. The van der Waals surface area contributed by atoms with E-state index in [1.54, 1.807) is 18.2 Å². The van der Waals surface area contributed by atoms with E-state index in [0.29, 0.717) is 5.56 Å². The molecule has 0 aliphatic rings. The van der Waals surface area contributed by atoms with Gasteiger partial charge in [0.2, 0.25) is 0 Å². The third-order valence-electron chi connectivity index (χ3n) is 2.91. The molecule has 2 rings (SSSR count). The summed E-state index contributed by atoms with van der Waals surface area (Å²) in [7, 11) is 0. The number of allylic oxidation sites excluding steroid dienone is 1. The van der Waals surface area contributed by atoms with Crippen LogP contribution >= 0.6 is 0 Å². The molecule has 2 aromatic rings. The topological polar surface area (TPSA) is 12.0 Å². The Bertz CT molecular complexity index is 668. The Labute approximate surface area is 128 Å². The number of hydrogen-bond acceptors (Lipinski definition) is 1. The molecule has 0 saturated heterocycles. The summed E-state index contributed by atoms with van der Waals surface area (Å²) in [6.07, 6.45) is -8.32. The number of benzene rings is 2. The maximum absolute atomic E-state index is 13.0. The fourth-order valence-corrected chi connectivity index (χ4v) is 1.80. The zero-order chi connectivity index (χ0) is 17.1. The van der Waals surface area contributed by atoms with E-state index in [0.717, 1.165) is 30.3 Å². The summed E-state index contributed by atoms with van der Waals surface area (Å²) in [5.74, 6) is 0. The maximum Gasteiger partial charge on any atom is 0.431 e. The first-order valence-corrected chi connectivity index (χ1v) is 6.44. The highest BCUT2D eigenvalue weighted by molar-refractivity contribution is 5.61. The van der Waals surface area contributed by atoms with Crippen molar-refractivity contribution in [3.63, 3.8) is 0 Å². The molecule has 0 saturated carbocycles. The van der Waals surface area contributed by atoms with Gasteiger partial charge in [0.15, 0.2) is 0 Å². The number of hydrogen-bond donors (Lipinski definition) is 1. The highest BCUT2D eigenvalue weighted by Gasteiger charge is 2.34. The molecular formula is C16H11F6N. The van der Waals surface area contributed by atoms with E-state index < -0.39 is 23.6 Å². The Morgan fingerprint density at radius 1 is 0.783 bits per heavy atom. The van der Waals surface area contributed by atoms with Gasteiger partial charge in [-0.2, -0.15) is 26.3 Å². The summed E-state index contributed by atoms with van der Waals surface area (Å²) in [6, 6.07) is 11.1. The van der Waals surface area contributed by atoms with E-state index in [1.165, 1.54) is 12.1 Å². The molecule has 0 aliphatic heterocycles. The number of halogens is 6. The second-order valence-corrected chi connectivity index (χ2v) is 4.67. The monoisotopic (exact) mass is 331 g/mol. The summed E-state index contributed by atoms with van der Waals surface area (Å²) >= 11 is 0. The quantitative estimate of drug-likeness (QED) is 0.709. The minimum atomic E-state index is -4.67. The van der Waals surface area contributed by atoms with Crippen molar-refractivity contribution in [2.45, 2.75) is 12.4 Å². The Morgan fingerprint density at radius 3 is 1.83 bits per heavy atom. The normalized spacial score (nSPS) is 13.0. The van der Waals surface area contributed by atoms with Gasteiger partial charge in [-0.1, -0.05) is 30.3 Å². The number of nitrogens with one attached hydrogen (secondary N) is 1. The molecule has 0 fully saturated rings. The molecule has 0 atom stereocenters. The van der Waals surface area contributed by atoms with Crippen LogP contribution in [0.4, 0.5) is 32.0 Å². The lowest BCUT2D eigenvalue weighted by molar-refractivity contribution is -0.137. The van der Waals surface area contributed by atoms with Crippen molar-refractivity contribution in [2.75, 3.05) is 5.32 Å². The zero-order valence-corrected chi connectivity index (χ0v) is 11.5. The Morgan fingerprint density at radius 2 is 1.35 bits per heavy atom. The third-order valence-corrected chi connectivity index (χ3v) is 2.91. The summed E-state index contributed by atoms with van der Waals surface area (Å²) < 4.78 is 76.5. The van der Waals surface area contributed by atoms with Crippen LogP contribution in [0.25, 0.3) is 6.08 Å². The largest absolute Gasteiger partial charge is 0.431 e. The fourth-order valence-electron chi connectivity index (χ4n) is 1.80. The van der Waals surface area contributed by atoms with Gasteiger partial charge < -0.3 is 5.32 Å². The smallest absolute Gasteiger partial charge is 0.352 e. The number of rotatable bonds is 3. The molecule has 0 radical (unpaired) electrons. The predicted molar refractivity (Wildman–Crippen MR) is 75.5 cm³/mol. The van der Waals surface area contributed by atoms with Crippen LogP contribution in [-0.2, 0) is 6.18 Å². The molecule has 122 valence electrons. The van der Waals surface area contributed by atoms with Crippen molar-refractivity contribution in [3.8, 4) is 0 Å². The van der Waals surface area contributed by atoms with Crippen molar-refractivity contribution < 1.29 is 26.3 Å². The molecule has 2 aromatic carbocycles. The highest BCUT2D eigenvalue weighted by Crippen LogP contribution is 2.32. The predicted octanol–water partition coefficient (Wildman–Crippen LogP) is 5.72. The third kappa shape index (κ3) is 4.77. The Kier molecular flexibility index (Phi) is 4.68. The molecule has 0 bridgehead atoms. The number of alkyl halides is 6. The van der Waals surface area contributed by atoms with E-state index in [2.05, 4.69) is 5.32 Å². The second-order valence-electron chi connectivity index (χ2n) is 4.67. The minimum Gasteiger partial charge on any atom is -0.352 e. The lowest BCUT2D eigenvalue weighted by atomic mass is 10.1. The molecule has 0 unspecified atom stereocenters. The van der Waals surface area contributed by atoms with E-state index in [-0.39, 0.29) is 5.69 Å². The van der Waals surface area contributed by atoms with Crippen LogP contribution in [0.3, 0.4) is 0 Å². The average molecular weight is 331 g/mol. The van der Waals surface area contributed by atoms with Gasteiger partial charge in [0.25, 0.3) is 0 Å². The molecule has 0 aromatic heterocycles. The van der Waals surface area contributed by atoms with Gasteiger partial charge in [-0.25, -0.2) is 0 Å². The minimum absolute atomic E-state index is 0.0856. The van der Waals surface area contributed by atoms with Gasteiger partial charge in [0.05, 0.1) is 5.56 Å². The molecule has 23 heavy (non-hydrogen) atoms. The molecule has 1 nitrogen and oxygen atoms in total. The lowest BCUT2D eigenvalue weighted by Gasteiger charge is -2.15. The van der Waals surface area contributed by atoms with Crippen molar-refractivity contribution in [2.24, 2.45) is 0 Å². The average Bonchev–Trinajstić information content (AvgIpc) is 2.46. The summed E-state index contributed by atoms with van der Waals surface area (Å²) in [5.41, 5.74) is -1.76. The Hall–Kier alpha value is -2.44. The van der Waals surface area contributed by atoms with Gasteiger partial charge in [0.1, 0.15) is 5.70 Å². The standard InChI is InChI=1S/C16H11F6N/c17-15(18,19)12-6-8-13(9-7-12)23-14(16(20,21)22)10-11-4-2-1-3-5-11/h1-10,23H. The van der Waals surface area contributed by atoms with Gasteiger partial charge in [-0.3, -0.25) is 0 Å². The van der Waals surface area contributed by atoms with E-state index in [1.807, 2.05) is 0 Å². The van der Waals surface area contributed by atoms with Crippen molar-refractivity contribution in [3.05, 3.63) is 71.4 Å². The Balaban J connectivity index is 2.27. The van der Waals surface area contributed by atoms with Crippen LogP contribution in [0.15, 0.2) is 60.3 Å².